The Hall–Kier alpha value is -2.61. The first-order valence-corrected chi connectivity index (χ1v) is 8.62. The number of hydrogen-bond acceptors (Lipinski definition) is 3. The predicted molar refractivity (Wildman–Crippen MR) is 96.5 cm³/mol. The molecule has 0 amide bonds. The fourth-order valence-electron chi connectivity index (χ4n) is 3.59. The number of aromatic nitrogens is 2. The normalized spacial score (nSPS) is 15.0. The Bertz CT molecular complexity index is 997. The third kappa shape index (κ3) is 3.69. The first-order chi connectivity index (χ1) is 12.9. The van der Waals surface area contributed by atoms with Gasteiger partial charge >= 0.3 is 6.18 Å². The Labute approximate surface area is 158 Å². The van der Waals surface area contributed by atoms with Crippen LogP contribution in [0.4, 0.5) is 17.6 Å². The average molecular weight is 396 g/mol. The van der Waals surface area contributed by atoms with E-state index in [9.17, 15) is 27.8 Å². The van der Waals surface area contributed by atoms with E-state index in [-0.39, 0.29) is 17.0 Å². The summed E-state index contributed by atoms with van der Waals surface area (Å²) in [4.78, 5) is 6.85. The van der Waals surface area contributed by atoms with Crippen LogP contribution in [0.15, 0.2) is 42.7 Å². The topological polar surface area (TPSA) is 69.1 Å². The van der Waals surface area contributed by atoms with Gasteiger partial charge in [0.15, 0.2) is 5.60 Å². The lowest BCUT2D eigenvalue weighted by atomic mass is 9.73. The second-order valence-electron chi connectivity index (χ2n) is 7.63. The maximum atomic E-state index is 13.9. The molecule has 0 saturated heterocycles. The van der Waals surface area contributed by atoms with Crippen LogP contribution in [0, 0.1) is 5.82 Å². The van der Waals surface area contributed by atoms with Crippen molar-refractivity contribution in [3.05, 3.63) is 59.8 Å². The van der Waals surface area contributed by atoms with E-state index in [1.165, 1.54) is 20.0 Å². The number of alkyl halides is 3. The Balaban J connectivity index is 2.02. The maximum absolute atomic E-state index is 13.9. The molecule has 0 fully saturated rings. The lowest BCUT2D eigenvalue weighted by Crippen LogP contribution is -2.51. The highest BCUT2D eigenvalue weighted by molar-refractivity contribution is 5.81. The van der Waals surface area contributed by atoms with Gasteiger partial charge in [0.2, 0.25) is 0 Å². The third-order valence-electron chi connectivity index (χ3n) is 4.96. The van der Waals surface area contributed by atoms with Gasteiger partial charge in [-0.1, -0.05) is 13.8 Å². The summed E-state index contributed by atoms with van der Waals surface area (Å²) in [5.41, 5.74) is -4.04. The zero-order valence-corrected chi connectivity index (χ0v) is 15.3. The summed E-state index contributed by atoms with van der Waals surface area (Å²) in [5.74, 6) is -1.02. The van der Waals surface area contributed by atoms with Gasteiger partial charge in [0.05, 0.1) is 11.2 Å². The molecule has 2 heterocycles. The van der Waals surface area contributed by atoms with Gasteiger partial charge in [-0.3, -0.25) is 4.98 Å². The largest absolute Gasteiger partial charge is 0.508 e. The van der Waals surface area contributed by atoms with Crippen LogP contribution in [-0.4, -0.2) is 32.0 Å². The average Bonchev–Trinajstić information content (AvgIpc) is 3.05. The van der Waals surface area contributed by atoms with Gasteiger partial charge in [0.25, 0.3) is 0 Å². The van der Waals surface area contributed by atoms with Gasteiger partial charge in [-0.15, -0.1) is 0 Å². The van der Waals surface area contributed by atoms with Gasteiger partial charge < -0.3 is 15.2 Å². The second kappa shape index (κ2) is 6.77. The molecule has 0 aliphatic heterocycles. The van der Waals surface area contributed by atoms with E-state index in [4.69, 9.17) is 0 Å². The molecule has 1 aromatic carbocycles. The van der Waals surface area contributed by atoms with Crippen molar-refractivity contribution < 1.29 is 27.8 Å². The smallest absolute Gasteiger partial charge is 0.417 e. The molecule has 4 nitrogen and oxygen atoms in total. The number of halogens is 4. The zero-order chi connectivity index (χ0) is 20.7. The number of aromatic amines is 1. The Morgan fingerprint density at radius 3 is 2.50 bits per heavy atom. The number of nitrogens with zero attached hydrogens (tertiary/aromatic N) is 1. The predicted octanol–water partition coefficient (Wildman–Crippen LogP) is 4.61. The lowest BCUT2D eigenvalue weighted by molar-refractivity contribution is -0.266. The van der Waals surface area contributed by atoms with E-state index in [1.54, 1.807) is 18.3 Å². The molecule has 3 aromatic rings. The van der Waals surface area contributed by atoms with E-state index >= 15 is 0 Å². The maximum Gasteiger partial charge on any atom is 0.417 e. The van der Waals surface area contributed by atoms with Crippen molar-refractivity contribution in [2.45, 2.75) is 43.9 Å². The highest BCUT2D eigenvalue weighted by atomic mass is 19.4. The standard InChI is InChI=1S/C20H20F4N2O2/c1-18(2,14-9-13(21)3-4-16(14)27)11-19(28,20(22,23)24)10-15-17-12(5-7-25-15)6-8-26-17/h3-9,26-28H,10-11H2,1-2H3. The van der Waals surface area contributed by atoms with Crippen LogP contribution in [0.3, 0.4) is 0 Å². The molecule has 3 rings (SSSR count). The number of benzene rings is 1. The molecular formula is C20H20F4N2O2. The van der Waals surface area contributed by atoms with Crippen LogP contribution in [0.25, 0.3) is 10.9 Å². The van der Waals surface area contributed by atoms with Gasteiger partial charge in [-0.25, -0.2) is 4.39 Å². The van der Waals surface area contributed by atoms with Gasteiger partial charge in [-0.05, 0) is 42.2 Å². The van der Waals surface area contributed by atoms with Gasteiger partial charge in [0, 0.05) is 29.8 Å². The van der Waals surface area contributed by atoms with Crippen molar-refractivity contribution >= 4 is 10.9 Å². The van der Waals surface area contributed by atoms with Gasteiger partial charge in [-0.2, -0.15) is 13.2 Å². The van der Waals surface area contributed by atoms with Crippen molar-refractivity contribution in [3.8, 4) is 5.75 Å². The van der Waals surface area contributed by atoms with E-state index < -0.39 is 35.9 Å². The molecular weight excluding hydrogens is 376 g/mol. The number of hydrogen-bond donors (Lipinski definition) is 3. The monoisotopic (exact) mass is 396 g/mol. The number of pyridine rings is 1. The minimum Gasteiger partial charge on any atom is -0.508 e. The zero-order valence-electron chi connectivity index (χ0n) is 15.3. The number of rotatable bonds is 5. The van der Waals surface area contributed by atoms with Crippen LogP contribution < -0.4 is 0 Å². The molecule has 1 atom stereocenters. The summed E-state index contributed by atoms with van der Waals surface area (Å²) in [5, 5.41) is 21.4. The Kier molecular flexibility index (Phi) is 4.87. The van der Waals surface area contributed by atoms with Crippen LogP contribution in [0.1, 0.15) is 31.5 Å². The van der Waals surface area contributed by atoms with Crippen molar-refractivity contribution in [2.24, 2.45) is 0 Å². The molecule has 0 radical (unpaired) electrons. The second-order valence-corrected chi connectivity index (χ2v) is 7.63. The van der Waals surface area contributed by atoms with E-state index in [1.807, 2.05) is 0 Å². The summed E-state index contributed by atoms with van der Waals surface area (Å²) in [7, 11) is 0. The fourth-order valence-corrected chi connectivity index (χ4v) is 3.59. The molecule has 2 aromatic heterocycles. The van der Waals surface area contributed by atoms with Crippen molar-refractivity contribution in [1.82, 2.24) is 9.97 Å². The molecule has 8 heteroatoms. The summed E-state index contributed by atoms with van der Waals surface area (Å²) in [6, 6.07) is 6.43. The first-order valence-electron chi connectivity index (χ1n) is 8.62. The van der Waals surface area contributed by atoms with Crippen molar-refractivity contribution in [1.29, 1.82) is 0 Å². The molecule has 0 aliphatic carbocycles. The minimum atomic E-state index is -4.97. The van der Waals surface area contributed by atoms with E-state index in [2.05, 4.69) is 9.97 Å². The number of nitrogens with one attached hydrogen (secondary N) is 1. The fraction of sp³-hybridized carbons (Fsp3) is 0.350. The van der Waals surface area contributed by atoms with Crippen LogP contribution >= 0.6 is 0 Å². The molecule has 0 spiro atoms. The SMILES string of the molecule is CC(C)(CC(O)(Cc1nccc2cc[nH]c12)C(F)(F)F)c1cc(F)ccc1O. The molecule has 0 aliphatic rings. The molecule has 3 N–H and O–H groups in total. The Morgan fingerprint density at radius 1 is 1.11 bits per heavy atom. The van der Waals surface area contributed by atoms with Crippen LogP contribution in [-0.2, 0) is 11.8 Å². The quantitative estimate of drug-likeness (QED) is 0.552. The van der Waals surface area contributed by atoms with Crippen LogP contribution in [0.2, 0.25) is 0 Å². The summed E-state index contributed by atoms with van der Waals surface area (Å²) >= 11 is 0. The molecule has 1 unspecified atom stereocenters. The summed E-state index contributed by atoms with van der Waals surface area (Å²) in [6.45, 7) is 2.84. The van der Waals surface area contributed by atoms with Crippen LogP contribution in [0.5, 0.6) is 5.75 Å². The molecule has 150 valence electrons. The number of phenols is 1. The van der Waals surface area contributed by atoms with Gasteiger partial charge in [0.1, 0.15) is 11.6 Å². The first kappa shape index (κ1) is 20.1. The number of aliphatic hydroxyl groups is 1. The van der Waals surface area contributed by atoms with E-state index in [0.717, 1.165) is 18.2 Å². The van der Waals surface area contributed by atoms with Crippen molar-refractivity contribution in [2.75, 3.05) is 0 Å². The van der Waals surface area contributed by atoms with Crippen molar-refractivity contribution in [3.63, 3.8) is 0 Å². The summed E-state index contributed by atoms with van der Waals surface area (Å²) < 4.78 is 55.4. The number of fused-ring (bicyclic) bond motifs is 1. The molecule has 0 bridgehead atoms. The minimum absolute atomic E-state index is 0.0128. The molecule has 28 heavy (non-hydrogen) atoms. The van der Waals surface area contributed by atoms with E-state index in [0.29, 0.717) is 10.9 Å². The summed E-state index contributed by atoms with van der Waals surface area (Å²) in [6.07, 6.45) is -3.58. The lowest BCUT2D eigenvalue weighted by Gasteiger charge is -2.38. The third-order valence-corrected chi connectivity index (χ3v) is 4.96. The number of phenolic OH excluding ortho intramolecular Hbond substituents is 1. The Morgan fingerprint density at radius 2 is 1.82 bits per heavy atom. The number of aromatic hydroxyl groups is 1. The number of H-pyrrole nitrogens is 1. The highest BCUT2D eigenvalue weighted by Gasteiger charge is 2.56. The highest BCUT2D eigenvalue weighted by Crippen LogP contribution is 2.45. The molecule has 0 saturated carbocycles.